The molecule has 1 rings (SSSR count). The van der Waals surface area contributed by atoms with Crippen LogP contribution in [0.4, 0.5) is 19.0 Å². The van der Waals surface area contributed by atoms with E-state index >= 15 is 0 Å². The summed E-state index contributed by atoms with van der Waals surface area (Å²) in [7, 11) is -3.99. The van der Waals surface area contributed by atoms with Gasteiger partial charge in [0.15, 0.2) is 0 Å². The SMILES string of the molecule is NNc1ccc(S(=O)(=O)NCCC(F)(F)F)cn1. The van der Waals surface area contributed by atoms with Gasteiger partial charge in [0.25, 0.3) is 0 Å². The van der Waals surface area contributed by atoms with Crippen molar-refractivity contribution < 1.29 is 21.6 Å². The quantitative estimate of drug-likeness (QED) is 0.543. The van der Waals surface area contributed by atoms with Gasteiger partial charge in [0, 0.05) is 12.7 Å². The minimum Gasteiger partial charge on any atom is -0.308 e. The lowest BCUT2D eigenvalue weighted by atomic mass is 10.4. The lowest BCUT2D eigenvalue weighted by Crippen LogP contribution is -2.28. The van der Waals surface area contributed by atoms with Crippen LogP contribution in [0.2, 0.25) is 0 Å². The number of rotatable bonds is 5. The van der Waals surface area contributed by atoms with Crippen LogP contribution in [-0.2, 0) is 10.0 Å². The number of nitrogen functional groups attached to an aromatic ring is 1. The van der Waals surface area contributed by atoms with E-state index in [0.717, 1.165) is 6.20 Å². The molecule has 4 N–H and O–H groups in total. The maximum atomic E-state index is 11.9. The van der Waals surface area contributed by atoms with Crippen molar-refractivity contribution in [3.63, 3.8) is 0 Å². The predicted octanol–water partition coefficient (Wildman–Crippen LogP) is 0.598. The van der Waals surface area contributed by atoms with Gasteiger partial charge in [-0.3, -0.25) is 0 Å². The molecule has 0 bridgehead atoms. The minimum atomic E-state index is -4.41. The van der Waals surface area contributed by atoms with Crippen molar-refractivity contribution in [1.82, 2.24) is 9.71 Å². The second-order valence-corrected chi connectivity index (χ2v) is 5.05. The standard InChI is InChI=1S/C8H11F3N4O2S/c9-8(10,11)3-4-14-18(16,17)6-1-2-7(15-12)13-5-6/h1-2,5,14H,3-4,12H2,(H,13,15). The molecule has 0 amide bonds. The van der Waals surface area contributed by atoms with Crippen molar-refractivity contribution in [2.75, 3.05) is 12.0 Å². The van der Waals surface area contributed by atoms with Crippen LogP contribution >= 0.6 is 0 Å². The van der Waals surface area contributed by atoms with Crippen molar-refractivity contribution >= 4 is 15.8 Å². The summed E-state index contributed by atoms with van der Waals surface area (Å²) >= 11 is 0. The topological polar surface area (TPSA) is 97.1 Å². The number of nitrogens with zero attached hydrogens (tertiary/aromatic N) is 1. The number of hydrogen-bond acceptors (Lipinski definition) is 5. The molecule has 6 nitrogen and oxygen atoms in total. The number of hydrazine groups is 1. The molecule has 0 radical (unpaired) electrons. The monoisotopic (exact) mass is 284 g/mol. The summed E-state index contributed by atoms with van der Waals surface area (Å²) in [5.41, 5.74) is 2.19. The average molecular weight is 284 g/mol. The van der Waals surface area contributed by atoms with Crippen LogP contribution in [-0.4, -0.2) is 26.1 Å². The summed E-state index contributed by atoms with van der Waals surface area (Å²) in [4.78, 5) is 3.41. The molecule has 0 saturated heterocycles. The van der Waals surface area contributed by atoms with E-state index in [0.29, 0.717) is 0 Å². The Bertz CT molecular complexity index is 486. The van der Waals surface area contributed by atoms with E-state index in [1.54, 1.807) is 0 Å². The molecule has 1 aromatic rings. The number of halogens is 3. The normalized spacial score (nSPS) is 12.4. The zero-order chi connectivity index (χ0) is 13.8. The van der Waals surface area contributed by atoms with Gasteiger partial charge in [0.05, 0.1) is 6.42 Å². The second kappa shape index (κ2) is 5.50. The Morgan fingerprint density at radius 2 is 2.00 bits per heavy atom. The summed E-state index contributed by atoms with van der Waals surface area (Å²) in [5.74, 6) is 5.27. The van der Waals surface area contributed by atoms with Gasteiger partial charge in [-0.25, -0.2) is 24.0 Å². The van der Waals surface area contributed by atoms with Crippen molar-refractivity contribution in [3.8, 4) is 0 Å². The Balaban J connectivity index is 2.68. The Kier molecular flexibility index (Phi) is 4.48. The Morgan fingerprint density at radius 3 is 2.44 bits per heavy atom. The van der Waals surface area contributed by atoms with E-state index in [1.807, 2.05) is 4.72 Å². The molecule has 1 heterocycles. The lowest BCUT2D eigenvalue weighted by molar-refractivity contribution is -0.132. The van der Waals surface area contributed by atoms with Crippen molar-refractivity contribution in [2.45, 2.75) is 17.5 Å². The second-order valence-electron chi connectivity index (χ2n) is 3.29. The number of pyridine rings is 1. The van der Waals surface area contributed by atoms with E-state index < -0.39 is 29.2 Å². The third kappa shape index (κ3) is 4.47. The van der Waals surface area contributed by atoms with Gasteiger partial charge in [-0.05, 0) is 12.1 Å². The summed E-state index contributed by atoms with van der Waals surface area (Å²) in [6, 6.07) is 2.47. The van der Waals surface area contributed by atoms with E-state index in [9.17, 15) is 21.6 Å². The fourth-order valence-electron chi connectivity index (χ4n) is 1.04. The first-order chi connectivity index (χ1) is 8.24. The first kappa shape index (κ1) is 14.7. The molecule has 0 aromatic carbocycles. The molecule has 0 unspecified atom stereocenters. The van der Waals surface area contributed by atoms with Crippen molar-refractivity contribution in [2.24, 2.45) is 5.84 Å². The highest BCUT2D eigenvalue weighted by atomic mass is 32.2. The van der Waals surface area contributed by atoms with Crippen LogP contribution in [0.15, 0.2) is 23.2 Å². The van der Waals surface area contributed by atoms with Crippen LogP contribution in [0.5, 0.6) is 0 Å². The molecule has 1 aromatic heterocycles. The van der Waals surface area contributed by atoms with Gasteiger partial charge in [-0.2, -0.15) is 13.2 Å². The van der Waals surface area contributed by atoms with Crippen LogP contribution in [0.3, 0.4) is 0 Å². The molecular weight excluding hydrogens is 273 g/mol. The molecule has 0 aliphatic heterocycles. The first-order valence-electron chi connectivity index (χ1n) is 4.74. The molecule has 0 spiro atoms. The number of anilines is 1. The van der Waals surface area contributed by atoms with Crippen molar-refractivity contribution in [3.05, 3.63) is 18.3 Å². The van der Waals surface area contributed by atoms with E-state index in [1.165, 1.54) is 12.1 Å². The van der Waals surface area contributed by atoms with Crippen LogP contribution in [0.25, 0.3) is 0 Å². The number of nitrogens with one attached hydrogen (secondary N) is 2. The third-order valence-electron chi connectivity index (χ3n) is 1.90. The largest absolute Gasteiger partial charge is 0.390 e. The Morgan fingerprint density at radius 1 is 1.33 bits per heavy atom. The molecule has 0 aliphatic carbocycles. The summed E-state index contributed by atoms with van der Waals surface area (Å²) in [6.07, 6.45) is -4.65. The number of sulfonamides is 1. The maximum absolute atomic E-state index is 11.9. The van der Waals surface area contributed by atoms with Gasteiger partial charge in [-0.1, -0.05) is 0 Å². The molecule has 0 atom stereocenters. The maximum Gasteiger partial charge on any atom is 0.390 e. The van der Waals surface area contributed by atoms with Gasteiger partial charge < -0.3 is 5.43 Å². The molecular formula is C8H11F3N4O2S. The molecule has 0 saturated carbocycles. The molecule has 0 aliphatic rings. The van der Waals surface area contributed by atoms with Gasteiger partial charge in [0.1, 0.15) is 10.7 Å². The average Bonchev–Trinajstić information content (AvgIpc) is 2.27. The zero-order valence-corrected chi connectivity index (χ0v) is 9.85. The lowest BCUT2D eigenvalue weighted by Gasteiger charge is -2.08. The zero-order valence-electron chi connectivity index (χ0n) is 9.03. The molecule has 18 heavy (non-hydrogen) atoms. The van der Waals surface area contributed by atoms with E-state index in [-0.39, 0.29) is 10.7 Å². The summed E-state index contributed by atoms with van der Waals surface area (Å²) in [6.45, 7) is -0.720. The molecule has 10 heteroatoms. The fourth-order valence-corrected chi connectivity index (χ4v) is 2.01. The highest BCUT2D eigenvalue weighted by Gasteiger charge is 2.27. The van der Waals surface area contributed by atoms with Gasteiger partial charge in [0.2, 0.25) is 10.0 Å². The van der Waals surface area contributed by atoms with Gasteiger partial charge in [-0.15, -0.1) is 0 Å². The molecule has 0 fully saturated rings. The van der Waals surface area contributed by atoms with Crippen LogP contribution in [0, 0.1) is 0 Å². The molecule has 102 valence electrons. The summed E-state index contributed by atoms with van der Waals surface area (Å²) < 4.78 is 60.5. The Labute approximate surface area is 101 Å². The minimum absolute atomic E-state index is 0.233. The number of hydrogen-bond donors (Lipinski definition) is 3. The smallest absolute Gasteiger partial charge is 0.308 e. The highest BCUT2D eigenvalue weighted by Crippen LogP contribution is 2.19. The fraction of sp³-hybridized carbons (Fsp3) is 0.375. The van der Waals surface area contributed by atoms with Crippen molar-refractivity contribution in [1.29, 1.82) is 0 Å². The van der Waals surface area contributed by atoms with E-state index in [2.05, 4.69) is 10.4 Å². The number of nitrogens with two attached hydrogens (primary N) is 1. The number of alkyl halides is 3. The van der Waals surface area contributed by atoms with Crippen LogP contribution in [0.1, 0.15) is 6.42 Å². The summed E-state index contributed by atoms with van der Waals surface area (Å²) in [5, 5.41) is 0. The first-order valence-corrected chi connectivity index (χ1v) is 6.22. The highest BCUT2D eigenvalue weighted by molar-refractivity contribution is 7.89. The van der Waals surface area contributed by atoms with Gasteiger partial charge >= 0.3 is 6.18 Å². The predicted molar refractivity (Wildman–Crippen MR) is 57.9 cm³/mol. The Hall–Kier alpha value is -1.39. The number of aromatic nitrogens is 1. The third-order valence-corrected chi connectivity index (χ3v) is 3.34. The van der Waals surface area contributed by atoms with E-state index in [4.69, 9.17) is 5.84 Å². The van der Waals surface area contributed by atoms with Crippen LogP contribution < -0.4 is 16.0 Å².